The summed E-state index contributed by atoms with van der Waals surface area (Å²) in [5.41, 5.74) is 3.51. The van der Waals surface area contributed by atoms with Crippen molar-refractivity contribution in [2.75, 3.05) is 6.61 Å². The topological polar surface area (TPSA) is 87.3 Å². The second kappa shape index (κ2) is 8.62. The predicted molar refractivity (Wildman–Crippen MR) is 117 cm³/mol. The number of rotatable bonds is 6. The fourth-order valence-corrected chi connectivity index (χ4v) is 3.38. The maximum Gasteiger partial charge on any atom is 0.342 e. The zero-order chi connectivity index (χ0) is 21.8. The Morgan fingerprint density at radius 2 is 1.52 bits per heavy atom. The number of nitro benzene ring substituents is 1. The zero-order valence-corrected chi connectivity index (χ0v) is 16.8. The van der Waals surface area contributed by atoms with Crippen LogP contribution in [0.15, 0.2) is 84.9 Å². The third-order valence-electron chi connectivity index (χ3n) is 4.76. The van der Waals surface area contributed by atoms with Crippen LogP contribution in [0.5, 0.6) is 0 Å². The normalized spacial score (nSPS) is 10.6. The fourth-order valence-electron chi connectivity index (χ4n) is 3.38. The number of esters is 1. The second-order valence-corrected chi connectivity index (χ2v) is 6.71. The van der Waals surface area contributed by atoms with E-state index in [4.69, 9.17) is 9.84 Å². The molecule has 154 valence electrons. The summed E-state index contributed by atoms with van der Waals surface area (Å²) in [7, 11) is 0. The minimum absolute atomic E-state index is 0.0222. The van der Waals surface area contributed by atoms with Crippen LogP contribution in [-0.2, 0) is 4.74 Å². The first-order chi connectivity index (χ1) is 15.1. The Labute approximate surface area is 178 Å². The number of nitro groups is 1. The molecule has 0 spiro atoms. The molecule has 0 bridgehead atoms. The van der Waals surface area contributed by atoms with Crippen molar-refractivity contribution in [1.82, 2.24) is 9.78 Å². The van der Waals surface area contributed by atoms with E-state index in [2.05, 4.69) is 0 Å². The Bertz CT molecular complexity index is 1220. The highest BCUT2D eigenvalue weighted by Crippen LogP contribution is 2.35. The van der Waals surface area contributed by atoms with Crippen molar-refractivity contribution < 1.29 is 14.5 Å². The number of hydrogen-bond acceptors (Lipinski definition) is 5. The van der Waals surface area contributed by atoms with Crippen LogP contribution < -0.4 is 0 Å². The van der Waals surface area contributed by atoms with E-state index in [0.29, 0.717) is 22.6 Å². The van der Waals surface area contributed by atoms with Gasteiger partial charge in [0.2, 0.25) is 0 Å². The van der Waals surface area contributed by atoms with Crippen molar-refractivity contribution >= 4 is 11.7 Å². The Morgan fingerprint density at radius 3 is 2.06 bits per heavy atom. The number of ether oxygens (including phenoxy) is 1. The molecule has 0 aliphatic heterocycles. The third-order valence-corrected chi connectivity index (χ3v) is 4.76. The summed E-state index contributed by atoms with van der Waals surface area (Å²) >= 11 is 0. The van der Waals surface area contributed by atoms with Crippen molar-refractivity contribution in [3.63, 3.8) is 0 Å². The number of nitrogens with zero attached hydrogens (tertiary/aromatic N) is 3. The van der Waals surface area contributed by atoms with E-state index in [1.165, 1.54) is 12.1 Å². The lowest BCUT2D eigenvalue weighted by Gasteiger charge is -2.10. The van der Waals surface area contributed by atoms with E-state index < -0.39 is 10.9 Å². The molecule has 0 aliphatic carbocycles. The molecule has 4 rings (SSSR count). The van der Waals surface area contributed by atoms with Crippen LogP contribution in [0.25, 0.3) is 28.2 Å². The van der Waals surface area contributed by atoms with Gasteiger partial charge in [0.25, 0.3) is 5.69 Å². The number of benzene rings is 3. The molecule has 31 heavy (non-hydrogen) atoms. The predicted octanol–water partition coefficient (Wildman–Crippen LogP) is 5.29. The van der Waals surface area contributed by atoms with Gasteiger partial charge in [0.1, 0.15) is 11.3 Å². The molecule has 1 aromatic heterocycles. The molecule has 4 aromatic rings. The van der Waals surface area contributed by atoms with Crippen LogP contribution in [0.3, 0.4) is 0 Å². The van der Waals surface area contributed by atoms with Gasteiger partial charge in [-0.25, -0.2) is 9.48 Å². The zero-order valence-electron chi connectivity index (χ0n) is 16.8. The van der Waals surface area contributed by atoms with Crippen LogP contribution >= 0.6 is 0 Å². The van der Waals surface area contributed by atoms with Crippen molar-refractivity contribution in [3.05, 3.63) is 101 Å². The van der Waals surface area contributed by atoms with E-state index in [-0.39, 0.29) is 12.3 Å². The smallest absolute Gasteiger partial charge is 0.342 e. The molecular formula is C24H19N3O4. The molecule has 7 heteroatoms. The molecule has 0 N–H and O–H groups in total. The van der Waals surface area contributed by atoms with E-state index in [1.54, 1.807) is 23.7 Å². The molecule has 1 heterocycles. The molecule has 0 radical (unpaired) electrons. The molecule has 3 aromatic carbocycles. The van der Waals surface area contributed by atoms with Gasteiger partial charge >= 0.3 is 5.97 Å². The van der Waals surface area contributed by atoms with Gasteiger partial charge in [0, 0.05) is 23.3 Å². The average Bonchev–Trinajstić information content (AvgIpc) is 3.21. The lowest BCUT2D eigenvalue weighted by atomic mass is 10.0. The van der Waals surface area contributed by atoms with E-state index in [0.717, 1.165) is 11.1 Å². The minimum Gasteiger partial charge on any atom is -0.462 e. The number of carbonyl (C=O) groups is 1. The van der Waals surface area contributed by atoms with Crippen molar-refractivity contribution in [3.8, 4) is 28.2 Å². The molecule has 0 aliphatic rings. The third kappa shape index (κ3) is 3.93. The molecule has 0 atom stereocenters. The monoisotopic (exact) mass is 413 g/mol. The number of hydrogen-bond donors (Lipinski definition) is 0. The summed E-state index contributed by atoms with van der Waals surface area (Å²) in [5.74, 6) is -0.478. The molecule has 0 fully saturated rings. The first-order valence-electron chi connectivity index (χ1n) is 9.76. The molecule has 0 saturated heterocycles. The molecule has 0 amide bonds. The maximum absolute atomic E-state index is 13.1. The highest BCUT2D eigenvalue weighted by molar-refractivity contribution is 6.03. The summed E-state index contributed by atoms with van der Waals surface area (Å²) in [6, 6.07) is 24.8. The summed E-state index contributed by atoms with van der Waals surface area (Å²) < 4.78 is 7.00. The Hall–Kier alpha value is -4.26. The minimum atomic E-state index is -0.478. The van der Waals surface area contributed by atoms with Gasteiger partial charge in [-0.3, -0.25) is 10.1 Å². The van der Waals surface area contributed by atoms with Gasteiger partial charge in [-0.2, -0.15) is 5.10 Å². The van der Waals surface area contributed by atoms with E-state index >= 15 is 0 Å². The first-order valence-corrected chi connectivity index (χ1v) is 9.76. The lowest BCUT2D eigenvalue weighted by molar-refractivity contribution is -0.384. The van der Waals surface area contributed by atoms with Crippen LogP contribution in [0, 0.1) is 10.1 Å². The van der Waals surface area contributed by atoms with Crippen molar-refractivity contribution in [2.24, 2.45) is 0 Å². The van der Waals surface area contributed by atoms with Gasteiger partial charge in [-0.15, -0.1) is 0 Å². The van der Waals surface area contributed by atoms with Gasteiger partial charge in [-0.05, 0) is 19.1 Å². The second-order valence-electron chi connectivity index (χ2n) is 6.71. The maximum atomic E-state index is 13.1. The molecule has 7 nitrogen and oxygen atoms in total. The summed E-state index contributed by atoms with van der Waals surface area (Å²) in [6.07, 6.45) is 0. The molecule has 0 unspecified atom stereocenters. The fraction of sp³-hybridized carbons (Fsp3) is 0.0833. The van der Waals surface area contributed by atoms with E-state index in [1.807, 2.05) is 60.7 Å². The van der Waals surface area contributed by atoms with E-state index in [9.17, 15) is 14.9 Å². The first kappa shape index (κ1) is 20.0. The van der Waals surface area contributed by atoms with Crippen molar-refractivity contribution in [1.29, 1.82) is 0 Å². The van der Waals surface area contributed by atoms with Crippen LogP contribution in [0.1, 0.15) is 17.3 Å². The molecular weight excluding hydrogens is 394 g/mol. The number of non-ortho nitro benzene ring substituents is 1. The average molecular weight is 413 g/mol. The van der Waals surface area contributed by atoms with Gasteiger partial charge in [0.15, 0.2) is 0 Å². The van der Waals surface area contributed by atoms with Crippen LogP contribution in [0.2, 0.25) is 0 Å². The highest BCUT2D eigenvalue weighted by atomic mass is 16.6. The van der Waals surface area contributed by atoms with Crippen LogP contribution in [-0.4, -0.2) is 27.3 Å². The SMILES string of the molecule is CCOC(=O)c1c(-c2ccccc2)nn(-c2ccc([N+](=O)[O-])cc2)c1-c1ccccc1. The Kier molecular flexibility index (Phi) is 5.57. The van der Waals surface area contributed by atoms with Gasteiger partial charge < -0.3 is 4.74 Å². The Morgan fingerprint density at radius 1 is 0.935 bits per heavy atom. The van der Waals surface area contributed by atoms with Gasteiger partial charge in [-0.1, -0.05) is 60.7 Å². The van der Waals surface area contributed by atoms with Gasteiger partial charge in [0.05, 0.1) is 22.9 Å². The standard InChI is InChI=1S/C24H19N3O4/c1-2-31-24(28)21-22(17-9-5-3-6-10-17)25-26(23(21)18-11-7-4-8-12-18)19-13-15-20(16-14-19)27(29)30/h3-16H,2H2,1H3. The summed E-state index contributed by atoms with van der Waals surface area (Å²) in [5, 5.41) is 15.8. The van der Waals surface area contributed by atoms with Crippen molar-refractivity contribution in [2.45, 2.75) is 6.92 Å². The number of aromatic nitrogens is 2. The van der Waals surface area contributed by atoms with Crippen LogP contribution in [0.4, 0.5) is 5.69 Å². The largest absolute Gasteiger partial charge is 0.462 e. The lowest BCUT2D eigenvalue weighted by Crippen LogP contribution is -2.08. The quantitative estimate of drug-likeness (QED) is 0.243. The summed E-state index contributed by atoms with van der Waals surface area (Å²) in [4.78, 5) is 23.7. The molecule has 0 saturated carbocycles. The highest BCUT2D eigenvalue weighted by Gasteiger charge is 2.27. The Balaban J connectivity index is 2.02. The summed E-state index contributed by atoms with van der Waals surface area (Å²) in [6.45, 7) is 1.98. The number of carbonyl (C=O) groups excluding carboxylic acids is 1.